The molecule has 0 fully saturated rings. The van der Waals surface area contributed by atoms with E-state index in [0.717, 1.165) is 0 Å². The van der Waals surface area contributed by atoms with Crippen LogP contribution in [0.2, 0.25) is 0 Å². The van der Waals surface area contributed by atoms with Gasteiger partial charge in [0.05, 0.1) is 12.0 Å². The van der Waals surface area contributed by atoms with Gasteiger partial charge in [-0.05, 0) is 6.07 Å². The van der Waals surface area contributed by atoms with Crippen LogP contribution in [0, 0.1) is 10.1 Å². The fourth-order valence-electron chi connectivity index (χ4n) is 1.14. The Bertz CT molecular complexity index is 462. The van der Waals surface area contributed by atoms with Crippen molar-refractivity contribution in [2.75, 3.05) is 13.7 Å². The number of methoxy groups -OCH3 is 1. The van der Waals surface area contributed by atoms with Crippen LogP contribution in [0.4, 0.5) is 5.69 Å². The second kappa shape index (κ2) is 5.82. The van der Waals surface area contributed by atoms with E-state index in [1.807, 2.05) is 0 Å². The smallest absolute Gasteiger partial charge is 0.324 e. The van der Waals surface area contributed by atoms with E-state index >= 15 is 0 Å². The molecule has 1 rings (SSSR count). The fraction of sp³-hybridized carbons (Fsp3) is 0.300. The summed E-state index contributed by atoms with van der Waals surface area (Å²) in [4.78, 5) is 20.6. The molecule has 0 amide bonds. The maximum absolute atomic E-state index is 10.7. The summed E-state index contributed by atoms with van der Waals surface area (Å²) < 4.78 is 9.93. The van der Waals surface area contributed by atoms with Gasteiger partial charge >= 0.3 is 11.7 Å². The number of nitro groups is 1. The van der Waals surface area contributed by atoms with Crippen molar-refractivity contribution in [2.24, 2.45) is 5.73 Å². The van der Waals surface area contributed by atoms with Gasteiger partial charge in [-0.2, -0.15) is 0 Å². The van der Waals surface area contributed by atoms with Gasteiger partial charge in [0, 0.05) is 12.1 Å². The molecular weight excluding hydrogens is 244 g/mol. The molecule has 1 unspecified atom stereocenters. The van der Waals surface area contributed by atoms with E-state index in [9.17, 15) is 14.9 Å². The Morgan fingerprint density at radius 1 is 1.61 bits per heavy atom. The lowest BCUT2D eigenvalue weighted by Gasteiger charge is -2.10. The lowest BCUT2D eigenvalue weighted by molar-refractivity contribution is -0.385. The number of nitrogens with zero attached hydrogens (tertiary/aromatic N) is 1. The van der Waals surface area contributed by atoms with E-state index in [0.29, 0.717) is 5.75 Å². The van der Waals surface area contributed by atoms with E-state index in [-0.39, 0.29) is 18.0 Å². The first-order chi connectivity index (χ1) is 8.45. The normalized spacial score (nSPS) is 11.7. The Labute approximate surface area is 102 Å². The molecule has 0 bridgehead atoms. The Morgan fingerprint density at radius 3 is 2.78 bits per heavy atom. The first kappa shape index (κ1) is 13.7. The Balaban J connectivity index is 2.90. The molecule has 3 N–H and O–H groups in total. The monoisotopic (exact) mass is 256 g/mol. The molecule has 1 aromatic rings. The van der Waals surface area contributed by atoms with Gasteiger partial charge in [0.15, 0.2) is 0 Å². The number of benzene rings is 1. The minimum absolute atomic E-state index is 0.0870. The molecule has 98 valence electrons. The maximum atomic E-state index is 10.7. The van der Waals surface area contributed by atoms with Gasteiger partial charge in [-0.1, -0.05) is 0 Å². The maximum Gasteiger partial charge on any atom is 0.324 e. The number of carbonyl (C=O) groups is 1. The highest BCUT2D eigenvalue weighted by molar-refractivity contribution is 5.73. The van der Waals surface area contributed by atoms with Crippen LogP contribution >= 0.6 is 0 Å². The molecule has 0 aliphatic heterocycles. The van der Waals surface area contributed by atoms with Gasteiger partial charge in [-0.25, -0.2) is 0 Å². The molecule has 0 aliphatic rings. The van der Waals surface area contributed by atoms with E-state index < -0.39 is 16.9 Å². The molecule has 0 saturated carbocycles. The van der Waals surface area contributed by atoms with Crippen molar-refractivity contribution in [3.8, 4) is 11.5 Å². The Kier molecular flexibility index (Phi) is 4.44. The lowest BCUT2D eigenvalue weighted by atomic mass is 10.2. The van der Waals surface area contributed by atoms with Crippen LogP contribution in [0.3, 0.4) is 0 Å². The van der Waals surface area contributed by atoms with Crippen LogP contribution in [-0.2, 0) is 4.79 Å². The van der Waals surface area contributed by atoms with Crippen molar-refractivity contribution in [1.29, 1.82) is 0 Å². The molecule has 1 atom stereocenters. The van der Waals surface area contributed by atoms with Gasteiger partial charge in [0.25, 0.3) is 0 Å². The lowest BCUT2D eigenvalue weighted by Crippen LogP contribution is -2.36. The van der Waals surface area contributed by atoms with E-state index in [1.165, 1.54) is 25.3 Å². The number of ether oxygens (including phenoxy) is 2. The van der Waals surface area contributed by atoms with Gasteiger partial charge in [0.1, 0.15) is 18.4 Å². The van der Waals surface area contributed by atoms with Gasteiger partial charge in [-0.15, -0.1) is 0 Å². The molecule has 8 heteroatoms. The highest BCUT2D eigenvalue weighted by atomic mass is 16.6. The average Bonchev–Trinajstić information content (AvgIpc) is 2.34. The Hall–Kier alpha value is -2.35. The highest BCUT2D eigenvalue weighted by Crippen LogP contribution is 2.30. The summed E-state index contributed by atoms with van der Waals surface area (Å²) in [6, 6.07) is 2.66. The topological polar surface area (TPSA) is 125 Å². The fourth-order valence-corrected chi connectivity index (χ4v) is 1.14. The zero-order valence-corrected chi connectivity index (χ0v) is 9.53. The van der Waals surface area contributed by atoms with Crippen LogP contribution in [0.5, 0.6) is 11.5 Å². The van der Waals surface area contributed by atoms with Crippen LogP contribution < -0.4 is 15.2 Å². The molecule has 0 spiro atoms. The number of nitro benzene ring substituents is 1. The van der Waals surface area contributed by atoms with E-state index in [2.05, 4.69) is 0 Å². The van der Waals surface area contributed by atoms with Crippen molar-refractivity contribution in [3.63, 3.8) is 0 Å². The predicted octanol–water partition coefficient (Wildman–Crippen LogP) is 0.394. The highest BCUT2D eigenvalue weighted by Gasteiger charge is 2.19. The third kappa shape index (κ3) is 3.32. The van der Waals surface area contributed by atoms with Crippen molar-refractivity contribution in [2.45, 2.75) is 6.04 Å². The third-order valence-electron chi connectivity index (χ3n) is 2.10. The van der Waals surface area contributed by atoms with Crippen molar-refractivity contribution in [1.82, 2.24) is 0 Å². The van der Waals surface area contributed by atoms with Crippen molar-refractivity contribution in [3.05, 3.63) is 28.3 Å². The summed E-state index contributed by atoms with van der Waals surface area (Å²) in [5.74, 6) is -0.976. The Morgan fingerprint density at radius 2 is 2.28 bits per heavy atom. The summed E-state index contributed by atoms with van der Waals surface area (Å²) >= 11 is 0. The van der Waals surface area contributed by atoms with Crippen LogP contribution in [-0.4, -0.2) is 35.8 Å². The first-order valence-corrected chi connectivity index (χ1v) is 4.89. The second-order valence-corrected chi connectivity index (χ2v) is 3.35. The zero-order valence-electron chi connectivity index (χ0n) is 9.53. The number of carboxylic acids is 1. The number of rotatable bonds is 6. The van der Waals surface area contributed by atoms with Crippen molar-refractivity contribution >= 4 is 11.7 Å². The summed E-state index contributed by atoms with van der Waals surface area (Å²) in [5.41, 5.74) is 4.95. The standard InChI is InChI=1S/C10H12N2O6/c1-17-6-2-3-8(12(15)16)9(4-6)18-5-7(11)10(13)14/h2-4,7H,5,11H2,1H3,(H,13,14). The number of hydrogen-bond donors (Lipinski definition) is 2. The summed E-state index contributed by atoms with van der Waals surface area (Å²) in [5, 5.41) is 19.3. The molecule has 0 radical (unpaired) electrons. The summed E-state index contributed by atoms with van der Waals surface area (Å²) in [6.45, 7) is -0.372. The largest absolute Gasteiger partial charge is 0.497 e. The first-order valence-electron chi connectivity index (χ1n) is 4.89. The predicted molar refractivity (Wildman–Crippen MR) is 60.8 cm³/mol. The second-order valence-electron chi connectivity index (χ2n) is 3.35. The molecule has 0 saturated heterocycles. The minimum atomic E-state index is -1.25. The third-order valence-corrected chi connectivity index (χ3v) is 2.10. The number of nitrogens with two attached hydrogens (primary N) is 1. The van der Waals surface area contributed by atoms with E-state index in [1.54, 1.807) is 0 Å². The van der Waals surface area contributed by atoms with Crippen LogP contribution in [0.15, 0.2) is 18.2 Å². The van der Waals surface area contributed by atoms with Gasteiger partial charge in [0.2, 0.25) is 5.75 Å². The molecule has 0 heterocycles. The van der Waals surface area contributed by atoms with Crippen molar-refractivity contribution < 1.29 is 24.3 Å². The number of hydrogen-bond acceptors (Lipinski definition) is 6. The molecule has 0 aliphatic carbocycles. The summed E-state index contributed by atoms with van der Waals surface area (Å²) in [6.07, 6.45) is 0. The molecular formula is C10H12N2O6. The number of carboxylic acid groups (broad SMARTS) is 1. The molecule has 8 nitrogen and oxygen atoms in total. The summed E-state index contributed by atoms with van der Waals surface area (Å²) in [7, 11) is 1.40. The molecule has 18 heavy (non-hydrogen) atoms. The number of aliphatic carboxylic acids is 1. The average molecular weight is 256 g/mol. The SMILES string of the molecule is COc1ccc([N+](=O)[O-])c(OCC(N)C(=O)O)c1. The van der Waals surface area contributed by atoms with Crippen LogP contribution in [0.1, 0.15) is 0 Å². The van der Waals surface area contributed by atoms with Gasteiger partial charge in [-0.3, -0.25) is 14.9 Å². The molecule has 0 aromatic heterocycles. The van der Waals surface area contributed by atoms with Crippen LogP contribution in [0.25, 0.3) is 0 Å². The minimum Gasteiger partial charge on any atom is -0.497 e. The quantitative estimate of drug-likeness (QED) is 0.557. The molecule has 1 aromatic carbocycles. The van der Waals surface area contributed by atoms with E-state index in [4.69, 9.17) is 20.3 Å². The van der Waals surface area contributed by atoms with Gasteiger partial charge < -0.3 is 20.3 Å². The zero-order chi connectivity index (χ0) is 13.7.